The minimum Gasteiger partial charge on any atom is -0.494 e. The lowest BCUT2D eigenvalue weighted by atomic mass is 9.75. The van der Waals surface area contributed by atoms with Gasteiger partial charge in [0.05, 0.1) is 27.9 Å². The molecule has 1 aliphatic heterocycles. The van der Waals surface area contributed by atoms with Gasteiger partial charge in [0.25, 0.3) is 0 Å². The van der Waals surface area contributed by atoms with Crippen LogP contribution in [-0.2, 0) is 15.5 Å². The Morgan fingerprint density at radius 3 is 2.95 bits per heavy atom. The summed E-state index contributed by atoms with van der Waals surface area (Å²) in [5.74, 6) is 0.737. The number of rotatable bonds is 4. The maximum Gasteiger partial charge on any atom is 0.120 e. The molecule has 21 heavy (non-hydrogen) atoms. The van der Waals surface area contributed by atoms with Gasteiger partial charge in [-0.1, -0.05) is 0 Å². The molecular formula is C16H23NO3S. The van der Waals surface area contributed by atoms with Gasteiger partial charge in [0.1, 0.15) is 5.75 Å². The third kappa shape index (κ3) is 2.94. The Morgan fingerprint density at radius 1 is 1.48 bits per heavy atom. The van der Waals surface area contributed by atoms with Crippen molar-refractivity contribution >= 4 is 16.5 Å². The number of anilines is 1. The molecule has 1 saturated heterocycles. The van der Waals surface area contributed by atoms with Crippen LogP contribution in [0.2, 0.25) is 0 Å². The average Bonchev–Trinajstić information content (AvgIpc) is 2.47. The van der Waals surface area contributed by atoms with Crippen molar-refractivity contribution in [3.63, 3.8) is 0 Å². The summed E-state index contributed by atoms with van der Waals surface area (Å²) in [5.41, 5.74) is 6.62. The Kier molecular flexibility index (Phi) is 4.22. The number of hydrogen-bond acceptors (Lipinski definition) is 4. The Balaban J connectivity index is 1.79. The van der Waals surface area contributed by atoms with E-state index in [1.807, 2.05) is 19.1 Å². The minimum atomic E-state index is -1.09. The zero-order valence-electron chi connectivity index (χ0n) is 12.5. The van der Waals surface area contributed by atoms with Crippen LogP contribution >= 0.6 is 0 Å². The second kappa shape index (κ2) is 5.97. The molecule has 1 saturated carbocycles. The maximum absolute atomic E-state index is 12.9. The van der Waals surface area contributed by atoms with Crippen LogP contribution in [0.3, 0.4) is 0 Å². The lowest BCUT2D eigenvalue weighted by Gasteiger charge is -2.46. The van der Waals surface area contributed by atoms with E-state index in [-0.39, 0.29) is 10.9 Å². The second-order valence-electron chi connectivity index (χ2n) is 5.93. The quantitative estimate of drug-likeness (QED) is 0.869. The van der Waals surface area contributed by atoms with E-state index in [0.717, 1.165) is 31.4 Å². The molecule has 0 aromatic heterocycles. The van der Waals surface area contributed by atoms with Gasteiger partial charge < -0.3 is 15.2 Å². The molecule has 116 valence electrons. The minimum absolute atomic E-state index is 0.00483. The molecule has 1 aromatic rings. The first-order chi connectivity index (χ1) is 10.1. The fourth-order valence-electron chi connectivity index (χ4n) is 3.21. The molecule has 2 atom stereocenters. The van der Waals surface area contributed by atoms with Crippen LogP contribution in [0.25, 0.3) is 0 Å². The Labute approximate surface area is 128 Å². The molecule has 3 rings (SSSR count). The highest BCUT2D eigenvalue weighted by molar-refractivity contribution is 7.85. The van der Waals surface area contributed by atoms with E-state index in [1.54, 1.807) is 6.07 Å². The van der Waals surface area contributed by atoms with Crippen molar-refractivity contribution in [2.45, 2.75) is 54.8 Å². The van der Waals surface area contributed by atoms with Crippen molar-refractivity contribution in [3.05, 3.63) is 18.2 Å². The van der Waals surface area contributed by atoms with Crippen LogP contribution < -0.4 is 10.5 Å². The molecule has 2 unspecified atom stereocenters. The monoisotopic (exact) mass is 309 g/mol. The van der Waals surface area contributed by atoms with E-state index in [1.165, 1.54) is 6.42 Å². The van der Waals surface area contributed by atoms with Gasteiger partial charge >= 0.3 is 0 Å². The van der Waals surface area contributed by atoms with Crippen LogP contribution in [-0.4, -0.2) is 28.3 Å². The molecule has 1 spiro atoms. The summed E-state index contributed by atoms with van der Waals surface area (Å²) in [5, 5.41) is 0.137. The number of ether oxygens (including phenoxy) is 2. The Hall–Kier alpha value is -1.07. The van der Waals surface area contributed by atoms with Crippen molar-refractivity contribution in [1.29, 1.82) is 0 Å². The van der Waals surface area contributed by atoms with Gasteiger partial charge in [0.15, 0.2) is 0 Å². The van der Waals surface area contributed by atoms with E-state index in [4.69, 9.17) is 15.2 Å². The number of nitrogens with two attached hydrogens (primary N) is 1. The summed E-state index contributed by atoms with van der Waals surface area (Å²) in [6, 6.07) is 5.45. The first-order valence-corrected chi connectivity index (χ1v) is 8.92. The van der Waals surface area contributed by atoms with E-state index in [9.17, 15) is 4.21 Å². The zero-order chi connectivity index (χ0) is 14.9. The van der Waals surface area contributed by atoms with Gasteiger partial charge in [-0.2, -0.15) is 0 Å². The molecule has 0 bridgehead atoms. The average molecular weight is 309 g/mol. The highest BCUT2D eigenvalue weighted by Gasteiger charge is 2.44. The standard InChI is InChI=1S/C16H23NO3S/c1-2-19-12-4-5-14(17)15(10-12)21(18)13-6-9-20-16(11-13)7-3-8-16/h4-5,10,13H,2-3,6-9,11,17H2,1H3. The zero-order valence-corrected chi connectivity index (χ0v) is 13.3. The molecule has 1 heterocycles. The number of hydrogen-bond donors (Lipinski definition) is 1. The molecule has 4 nitrogen and oxygen atoms in total. The van der Waals surface area contributed by atoms with E-state index >= 15 is 0 Å². The van der Waals surface area contributed by atoms with Crippen LogP contribution in [0.5, 0.6) is 5.75 Å². The molecule has 2 aliphatic rings. The maximum atomic E-state index is 12.9. The summed E-state index contributed by atoms with van der Waals surface area (Å²) >= 11 is 0. The van der Waals surface area contributed by atoms with Crippen molar-refractivity contribution in [3.8, 4) is 5.75 Å². The van der Waals surface area contributed by atoms with Crippen molar-refractivity contribution in [2.24, 2.45) is 0 Å². The molecule has 0 radical (unpaired) electrons. The lowest BCUT2D eigenvalue weighted by Crippen LogP contribution is -2.48. The first kappa shape index (κ1) is 14.9. The molecule has 1 aliphatic carbocycles. The van der Waals surface area contributed by atoms with Crippen LogP contribution in [0.1, 0.15) is 39.0 Å². The van der Waals surface area contributed by atoms with Gasteiger partial charge in [-0.25, -0.2) is 0 Å². The number of benzene rings is 1. The normalized spacial score (nSPS) is 25.3. The Morgan fingerprint density at radius 2 is 2.29 bits per heavy atom. The van der Waals surface area contributed by atoms with Gasteiger partial charge in [-0.15, -0.1) is 0 Å². The van der Waals surface area contributed by atoms with Gasteiger partial charge in [0.2, 0.25) is 0 Å². The van der Waals surface area contributed by atoms with E-state index < -0.39 is 10.8 Å². The second-order valence-corrected chi connectivity index (χ2v) is 7.63. The van der Waals surface area contributed by atoms with Crippen LogP contribution in [0.4, 0.5) is 5.69 Å². The van der Waals surface area contributed by atoms with Gasteiger partial charge in [0, 0.05) is 17.5 Å². The predicted molar refractivity (Wildman–Crippen MR) is 84.0 cm³/mol. The lowest BCUT2D eigenvalue weighted by molar-refractivity contribution is -0.125. The fourth-order valence-corrected chi connectivity index (χ4v) is 4.87. The fraction of sp³-hybridized carbons (Fsp3) is 0.625. The molecular weight excluding hydrogens is 286 g/mol. The van der Waals surface area contributed by atoms with E-state index in [2.05, 4.69) is 0 Å². The highest BCUT2D eigenvalue weighted by atomic mass is 32.2. The summed E-state index contributed by atoms with van der Waals surface area (Å²) in [4.78, 5) is 0.710. The summed E-state index contributed by atoms with van der Waals surface area (Å²) < 4.78 is 24.3. The smallest absolute Gasteiger partial charge is 0.120 e. The summed E-state index contributed by atoms with van der Waals surface area (Å²) in [6.07, 6.45) is 5.16. The molecule has 5 heteroatoms. The van der Waals surface area contributed by atoms with Crippen molar-refractivity contribution < 1.29 is 13.7 Å². The predicted octanol–water partition coefficient (Wildman–Crippen LogP) is 2.88. The van der Waals surface area contributed by atoms with E-state index in [0.29, 0.717) is 23.8 Å². The van der Waals surface area contributed by atoms with Crippen molar-refractivity contribution in [2.75, 3.05) is 18.9 Å². The summed E-state index contributed by atoms with van der Waals surface area (Å²) in [7, 11) is -1.09. The first-order valence-electron chi connectivity index (χ1n) is 7.70. The third-order valence-electron chi connectivity index (χ3n) is 4.53. The molecule has 1 aromatic carbocycles. The SMILES string of the molecule is CCOc1ccc(N)c(S(=O)C2CCOC3(CCC3)C2)c1. The number of nitrogen functional groups attached to an aromatic ring is 1. The largest absolute Gasteiger partial charge is 0.494 e. The third-order valence-corrected chi connectivity index (χ3v) is 6.32. The summed E-state index contributed by atoms with van der Waals surface area (Å²) in [6.45, 7) is 3.24. The Bertz CT molecular complexity index is 542. The topological polar surface area (TPSA) is 61.5 Å². The highest BCUT2D eigenvalue weighted by Crippen LogP contribution is 2.44. The molecule has 2 N–H and O–H groups in total. The molecule has 0 amide bonds. The van der Waals surface area contributed by atoms with Crippen LogP contribution in [0.15, 0.2) is 23.1 Å². The van der Waals surface area contributed by atoms with Gasteiger partial charge in [-0.3, -0.25) is 4.21 Å². The van der Waals surface area contributed by atoms with Crippen LogP contribution in [0, 0.1) is 0 Å². The molecule has 2 fully saturated rings. The van der Waals surface area contributed by atoms with Crippen molar-refractivity contribution in [1.82, 2.24) is 0 Å². The van der Waals surface area contributed by atoms with Gasteiger partial charge in [-0.05, 0) is 57.2 Å².